The Balaban J connectivity index is 1.64. The molecule has 1 saturated heterocycles. The van der Waals surface area contributed by atoms with Gasteiger partial charge in [0.15, 0.2) is 0 Å². The molecule has 110 valence electrons. The van der Waals surface area contributed by atoms with Gasteiger partial charge in [0.05, 0.1) is 0 Å². The standard InChI is InChI=1S/C17H32N2/c1-2-7-15-13-19(16-8-5-3-4-6-9-16)17(12-18-15)14-10-11-14/h14-18H,2-13H2,1H3. The molecule has 3 fully saturated rings. The zero-order valence-electron chi connectivity index (χ0n) is 12.7. The first-order valence-electron chi connectivity index (χ1n) is 8.87. The van der Waals surface area contributed by atoms with Crippen molar-refractivity contribution in [1.82, 2.24) is 10.2 Å². The van der Waals surface area contributed by atoms with E-state index in [2.05, 4.69) is 17.1 Å². The summed E-state index contributed by atoms with van der Waals surface area (Å²) < 4.78 is 0. The van der Waals surface area contributed by atoms with Gasteiger partial charge in [-0.1, -0.05) is 39.0 Å². The van der Waals surface area contributed by atoms with Crippen LogP contribution in [-0.2, 0) is 0 Å². The Morgan fingerprint density at radius 3 is 2.37 bits per heavy atom. The van der Waals surface area contributed by atoms with Gasteiger partial charge in [-0.25, -0.2) is 0 Å². The van der Waals surface area contributed by atoms with E-state index in [4.69, 9.17) is 0 Å². The predicted molar refractivity (Wildman–Crippen MR) is 81.4 cm³/mol. The van der Waals surface area contributed by atoms with Gasteiger partial charge in [-0.3, -0.25) is 4.90 Å². The maximum absolute atomic E-state index is 3.83. The monoisotopic (exact) mass is 264 g/mol. The fourth-order valence-corrected chi connectivity index (χ4v) is 4.33. The minimum absolute atomic E-state index is 0.767. The Morgan fingerprint density at radius 1 is 1.00 bits per heavy atom. The van der Waals surface area contributed by atoms with E-state index in [1.807, 2.05) is 0 Å². The van der Waals surface area contributed by atoms with Gasteiger partial charge in [-0.15, -0.1) is 0 Å². The number of nitrogens with zero attached hydrogens (tertiary/aromatic N) is 1. The van der Waals surface area contributed by atoms with Crippen molar-refractivity contribution >= 4 is 0 Å². The van der Waals surface area contributed by atoms with Gasteiger partial charge in [-0.2, -0.15) is 0 Å². The summed E-state index contributed by atoms with van der Waals surface area (Å²) in [5.41, 5.74) is 0. The van der Waals surface area contributed by atoms with E-state index >= 15 is 0 Å². The SMILES string of the molecule is CCCC1CN(C2CCCCCC2)C(C2CC2)CN1. The smallest absolute Gasteiger partial charge is 0.0252 e. The van der Waals surface area contributed by atoms with Crippen LogP contribution in [-0.4, -0.2) is 36.1 Å². The summed E-state index contributed by atoms with van der Waals surface area (Å²) in [6.45, 7) is 4.93. The van der Waals surface area contributed by atoms with E-state index in [-0.39, 0.29) is 0 Å². The molecule has 0 aromatic carbocycles. The Kier molecular flexibility index (Phi) is 4.81. The van der Waals surface area contributed by atoms with Crippen molar-refractivity contribution in [3.05, 3.63) is 0 Å². The molecule has 0 aromatic heterocycles. The fraction of sp³-hybridized carbons (Fsp3) is 1.00. The van der Waals surface area contributed by atoms with Crippen LogP contribution in [0.1, 0.15) is 71.1 Å². The molecule has 0 spiro atoms. The molecule has 0 amide bonds. The molecule has 2 aliphatic carbocycles. The molecule has 1 aliphatic heterocycles. The molecule has 19 heavy (non-hydrogen) atoms. The summed E-state index contributed by atoms with van der Waals surface area (Å²) in [6.07, 6.45) is 14.5. The second kappa shape index (κ2) is 6.58. The van der Waals surface area contributed by atoms with Crippen LogP contribution in [0, 0.1) is 5.92 Å². The molecule has 0 aromatic rings. The van der Waals surface area contributed by atoms with Crippen LogP contribution in [0.4, 0.5) is 0 Å². The number of hydrogen-bond acceptors (Lipinski definition) is 2. The summed E-state index contributed by atoms with van der Waals surface area (Å²) in [4.78, 5) is 2.96. The van der Waals surface area contributed by atoms with Crippen molar-refractivity contribution in [1.29, 1.82) is 0 Å². The zero-order chi connectivity index (χ0) is 13.1. The number of hydrogen-bond donors (Lipinski definition) is 1. The van der Waals surface area contributed by atoms with Crippen LogP contribution in [0.2, 0.25) is 0 Å². The highest BCUT2D eigenvalue weighted by Crippen LogP contribution is 2.38. The average Bonchev–Trinajstić information content (AvgIpc) is 3.26. The molecule has 2 unspecified atom stereocenters. The van der Waals surface area contributed by atoms with E-state index in [0.717, 1.165) is 24.0 Å². The topological polar surface area (TPSA) is 15.3 Å². The second-order valence-corrected chi connectivity index (χ2v) is 7.14. The summed E-state index contributed by atoms with van der Waals surface area (Å²) in [5.74, 6) is 1.03. The lowest BCUT2D eigenvalue weighted by molar-refractivity contribution is 0.0591. The number of piperazine rings is 1. The highest BCUT2D eigenvalue weighted by molar-refractivity contribution is 4.97. The summed E-state index contributed by atoms with van der Waals surface area (Å²) in [7, 11) is 0. The van der Waals surface area contributed by atoms with E-state index in [1.165, 1.54) is 77.3 Å². The maximum atomic E-state index is 3.83. The van der Waals surface area contributed by atoms with Crippen molar-refractivity contribution in [2.75, 3.05) is 13.1 Å². The van der Waals surface area contributed by atoms with Crippen molar-refractivity contribution in [2.24, 2.45) is 5.92 Å². The molecule has 2 atom stereocenters. The van der Waals surface area contributed by atoms with E-state index in [1.54, 1.807) is 0 Å². The van der Waals surface area contributed by atoms with Gasteiger partial charge < -0.3 is 5.32 Å². The normalized spacial score (nSPS) is 35.2. The van der Waals surface area contributed by atoms with Crippen LogP contribution in [0.5, 0.6) is 0 Å². The zero-order valence-corrected chi connectivity index (χ0v) is 12.7. The van der Waals surface area contributed by atoms with Crippen LogP contribution in [0.25, 0.3) is 0 Å². The van der Waals surface area contributed by atoms with E-state index in [0.29, 0.717) is 0 Å². The first-order valence-corrected chi connectivity index (χ1v) is 8.87. The highest BCUT2D eigenvalue weighted by Gasteiger charge is 2.41. The lowest BCUT2D eigenvalue weighted by atomic mass is 9.96. The minimum atomic E-state index is 0.767. The molecular weight excluding hydrogens is 232 g/mol. The van der Waals surface area contributed by atoms with E-state index < -0.39 is 0 Å². The average molecular weight is 264 g/mol. The number of nitrogens with one attached hydrogen (secondary N) is 1. The Hall–Kier alpha value is -0.0800. The number of rotatable bonds is 4. The lowest BCUT2D eigenvalue weighted by Gasteiger charge is -2.45. The van der Waals surface area contributed by atoms with Crippen LogP contribution >= 0.6 is 0 Å². The molecule has 1 heterocycles. The van der Waals surface area contributed by atoms with Gasteiger partial charge in [0.1, 0.15) is 0 Å². The van der Waals surface area contributed by atoms with Gasteiger partial charge in [0, 0.05) is 31.2 Å². The molecule has 1 N–H and O–H groups in total. The predicted octanol–water partition coefficient (Wildman–Crippen LogP) is 3.56. The summed E-state index contributed by atoms with van der Waals surface area (Å²) in [5, 5.41) is 3.83. The van der Waals surface area contributed by atoms with E-state index in [9.17, 15) is 0 Å². The Morgan fingerprint density at radius 2 is 1.74 bits per heavy atom. The Bertz CT molecular complexity index is 266. The molecule has 0 radical (unpaired) electrons. The highest BCUT2D eigenvalue weighted by atomic mass is 15.3. The fourth-order valence-electron chi connectivity index (χ4n) is 4.33. The minimum Gasteiger partial charge on any atom is -0.311 e. The summed E-state index contributed by atoms with van der Waals surface area (Å²) in [6, 6.07) is 2.55. The van der Waals surface area contributed by atoms with Crippen LogP contribution in [0.15, 0.2) is 0 Å². The van der Waals surface area contributed by atoms with Gasteiger partial charge in [-0.05, 0) is 38.0 Å². The molecule has 2 heteroatoms. The first kappa shape index (κ1) is 13.9. The van der Waals surface area contributed by atoms with Crippen molar-refractivity contribution in [3.8, 4) is 0 Å². The van der Waals surface area contributed by atoms with Gasteiger partial charge in [0.25, 0.3) is 0 Å². The molecular formula is C17H32N2. The third kappa shape index (κ3) is 3.52. The Labute approximate surface area is 119 Å². The van der Waals surface area contributed by atoms with Gasteiger partial charge >= 0.3 is 0 Å². The largest absolute Gasteiger partial charge is 0.311 e. The third-order valence-corrected chi connectivity index (χ3v) is 5.57. The summed E-state index contributed by atoms with van der Waals surface area (Å²) >= 11 is 0. The third-order valence-electron chi connectivity index (χ3n) is 5.57. The van der Waals surface area contributed by atoms with Crippen LogP contribution in [0.3, 0.4) is 0 Å². The molecule has 2 nitrogen and oxygen atoms in total. The molecule has 3 rings (SSSR count). The second-order valence-electron chi connectivity index (χ2n) is 7.14. The quantitative estimate of drug-likeness (QED) is 0.781. The van der Waals surface area contributed by atoms with Gasteiger partial charge in [0.2, 0.25) is 0 Å². The van der Waals surface area contributed by atoms with Crippen molar-refractivity contribution in [2.45, 2.75) is 89.3 Å². The van der Waals surface area contributed by atoms with Crippen molar-refractivity contribution in [3.63, 3.8) is 0 Å². The molecule has 0 bridgehead atoms. The lowest BCUT2D eigenvalue weighted by Crippen LogP contribution is -2.60. The van der Waals surface area contributed by atoms with Crippen molar-refractivity contribution < 1.29 is 0 Å². The first-order chi connectivity index (χ1) is 9.38. The maximum Gasteiger partial charge on any atom is 0.0252 e. The molecule has 3 aliphatic rings. The molecule has 2 saturated carbocycles. The van der Waals surface area contributed by atoms with Crippen LogP contribution < -0.4 is 5.32 Å².